The summed E-state index contributed by atoms with van der Waals surface area (Å²) < 4.78 is 2.31. The van der Waals surface area contributed by atoms with Crippen LogP contribution in [-0.4, -0.2) is 51.5 Å². The van der Waals surface area contributed by atoms with E-state index in [0.29, 0.717) is 0 Å². The summed E-state index contributed by atoms with van der Waals surface area (Å²) >= 11 is 15.6. The molecule has 90 valence electrons. The van der Waals surface area contributed by atoms with Crippen LogP contribution in [0.3, 0.4) is 0 Å². The van der Waals surface area contributed by atoms with E-state index in [9.17, 15) is 4.79 Å². The van der Waals surface area contributed by atoms with Crippen LogP contribution in [0.2, 0.25) is 0 Å². The highest BCUT2D eigenvalue weighted by Crippen LogP contribution is 2.28. The molecule has 0 aromatic rings. The lowest BCUT2D eigenvalue weighted by Gasteiger charge is -2.27. The first-order chi connectivity index (χ1) is 6.81. The topological polar surface area (TPSA) is 87.0 Å². The molecule has 0 aliphatic carbocycles. The highest BCUT2D eigenvalue weighted by atomic mass is 35.6. The monoisotopic (exact) mass is 280 g/mol. The molecule has 0 unspecified atom stereocenters. The van der Waals surface area contributed by atoms with Gasteiger partial charge in [0.05, 0.1) is 25.2 Å². The van der Waals surface area contributed by atoms with Gasteiger partial charge in [-0.1, -0.05) is 34.8 Å². The summed E-state index contributed by atoms with van der Waals surface area (Å²) in [4.78, 5) is 11.0. The number of alkyl halides is 3. The Morgan fingerprint density at radius 3 is 1.73 bits per heavy atom. The van der Waals surface area contributed by atoms with Crippen LogP contribution >= 0.6 is 34.8 Å². The maximum atomic E-state index is 11.0. The van der Waals surface area contributed by atoms with Crippen LogP contribution in [0, 0.1) is 5.41 Å². The second-order valence-electron chi connectivity index (χ2n) is 3.05. The van der Waals surface area contributed by atoms with Crippen LogP contribution in [0.25, 0.3) is 0 Å². The number of esters is 1. The van der Waals surface area contributed by atoms with E-state index in [2.05, 4.69) is 4.74 Å². The van der Waals surface area contributed by atoms with Gasteiger partial charge in [-0.25, -0.2) is 4.79 Å². The molecule has 0 spiro atoms. The lowest BCUT2D eigenvalue weighted by atomic mass is 9.93. The standard InChI is InChI=1S/C7H11Cl3O5/c8-7(9,10)5(14)15-4-6(1-11,2-12)3-13/h11-13H,1-4H2. The third-order valence-corrected chi connectivity index (χ3v) is 2.21. The zero-order chi connectivity index (χ0) is 12.1. The van der Waals surface area contributed by atoms with Crippen LogP contribution in [0.1, 0.15) is 0 Å². The van der Waals surface area contributed by atoms with Crippen molar-refractivity contribution in [2.45, 2.75) is 3.79 Å². The first-order valence-corrected chi connectivity index (χ1v) is 5.01. The Morgan fingerprint density at radius 2 is 1.47 bits per heavy atom. The number of aliphatic hydroxyl groups is 3. The van der Waals surface area contributed by atoms with Gasteiger partial charge in [0.25, 0.3) is 3.79 Å². The smallest absolute Gasteiger partial charge is 0.358 e. The number of rotatable bonds is 5. The average molecular weight is 282 g/mol. The molecular weight excluding hydrogens is 270 g/mol. The largest absolute Gasteiger partial charge is 0.462 e. The molecule has 0 aliphatic rings. The van der Waals surface area contributed by atoms with E-state index in [4.69, 9.17) is 50.1 Å². The Morgan fingerprint density at radius 1 is 1.07 bits per heavy atom. The lowest BCUT2D eigenvalue weighted by molar-refractivity contribution is -0.150. The second-order valence-corrected chi connectivity index (χ2v) is 5.33. The van der Waals surface area contributed by atoms with Crippen LogP contribution in [0.4, 0.5) is 0 Å². The molecule has 0 aliphatic heterocycles. The van der Waals surface area contributed by atoms with Crippen LogP contribution < -0.4 is 0 Å². The van der Waals surface area contributed by atoms with Crippen LogP contribution in [-0.2, 0) is 9.53 Å². The minimum absolute atomic E-state index is 0.441. The van der Waals surface area contributed by atoms with Crippen molar-refractivity contribution in [1.82, 2.24) is 0 Å². The zero-order valence-electron chi connectivity index (χ0n) is 7.62. The molecule has 0 saturated heterocycles. The average Bonchev–Trinajstić information content (AvgIpc) is 2.19. The van der Waals surface area contributed by atoms with Gasteiger partial charge in [-0.15, -0.1) is 0 Å². The SMILES string of the molecule is O=C(OCC(CO)(CO)CO)C(Cl)(Cl)Cl. The molecule has 0 heterocycles. The molecule has 0 atom stereocenters. The molecule has 8 heteroatoms. The van der Waals surface area contributed by atoms with Gasteiger partial charge < -0.3 is 20.1 Å². The molecule has 0 fully saturated rings. The van der Waals surface area contributed by atoms with E-state index < -0.39 is 41.6 Å². The summed E-state index contributed by atoms with van der Waals surface area (Å²) in [6.07, 6.45) is 0. The molecule has 3 N–H and O–H groups in total. The van der Waals surface area contributed by atoms with E-state index in [-0.39, 0.29) is 0 Å². The third-order valence-electron chi connectivity index (χ3n) is 1.75. The maximum Gasteiger partial charge on any atom is 0.358 e. The van der Waals surface area contributed by atoms with Gasteiger partial charge in [-0.05, 0) is 0 Å². The van der Waals surface area contributed by atoms with E-state index in [1.807, 2.05) is 0 Å². The van der Waals surface area contributed by atoms with Crippen LogP contribution in [0.15, 0.2) is 0 Å². The summed E-state index contributed by atoms with van der Waals surface area (Å²) in [7, 11) is 0. The van der Waals surface area contributed by atoms with Gasteiger partial charge in [0.1, 0.15) is 6.61 Å². The normalized spacial score (nSPS) is 12.7. The van der Waals surface area contributed by atoms with Crippen molar-refractivity contribution in [3.05, 3.63) is 0 Å². The number of carbonyl (C=O) groups excluding carboxylic acids is 1. The molecule has 0 aromatic heterocycles. The minimum Gasteiger partial charge on any atom is -0.462 e. The molecule has 0 amide bonds. The number of ether oxygens (including phenoxy) is 1. The van der Waals surface area contributed by atoms with Crippen molar-refractivity contribution < 1.29 is 24.9 Å². The van der Waals surface area contributed by atoms with Gasteiger partial charge in [0.15, 0.2) is 0 Å². The Labute approximate surface area is 101 Å². The summed E-state index contributed by atoms with van der Waals surface area (Å²) in [5.41, 5.74) is -1.33. The highest BCUT2D eigenvalue weighted by molar-refractivity contribution is 6.75. The van der Waals surface area contributed by atoms with Gasteiger partial charge in [-0.3, -0.25) is 0 Å². The molecule has 0 rings (SSSR count). The van der Waals surface area contributed by atoms with Crippen molar-refractivity contribution in [1.29, 1.82) is 0 Å². The van der Waals surface area contributed by atoms with Crippen molar-refractivity contribution in [2.75, 3.05) is 26.4 Å². The Bertz CT molecular complexity index is 203. The molecule has 5 nitrogen and oxygen atoms in total. The summed E-state index contributed by atoms with van der Waals surface area (Å²) in [5.74, 6) is -1.13. The summed E-state index contributed by atoms with van der Waals surface area (Å²) in [6, 6.07) is 0. The molecule has 0 bridgehead atoms. The maximum absolute atomic E-state index is 11.0. The predicted octanol–water partition coefficient (Wildman–Crippen LogP) is -0.137. The Hall–Kier alpha value is 0.220. The van der Waals surface area contributed by atoms with E-state index in [0.717, 1.165) is 0 Å². The van der Waals surface area contributed by atoms with Gasteiger partial charge in [0.2, 0.25) is 0 Å². The van der Waals surface area contributed by atoms with E-state index in [1.54, 1.807) is 0 Å². The van der Waals surface area contributed by atoms with Gasteiger partial charge in [0, 0.05) is 0 Å². The molecule has 0 radical (unpaired) electrons. The third kappa shape index (κ3) is 4.72. The molecule has 0 aromatic carbocycles. The zero-order valence-corrected chi connectivity index (χ0v) is 9.89. The fourth-order valence-electron chi connectivity index (χ4n) is 0.587. The van der Waals surface area contributed by atoms with Crippen molar-refractivity contribution in [3.63, 3.8) is 0 Å². The fourth-order valence-corrected chi connectivity index (χ4v) is 0.751. The number of aliphatic hydroxyl groups excluding tert-OH is 3. The highest BCUT2D eigenvalue weighted by Gasteiger charge is 2.36. The fraction of sp³-hybridized carbons (Fsp3) is 0.857. The Kier molecular flexibility index (Phi) is 6.17. The second kappa shape index (κ2) is 6.08. The van der Waals surface area contributed by atoms with Crippen molar-refractivity contribution in [2.24, 2.45) is 5.41 Å². The minimum atomic E-state index is -2.22. The first kappa shape index (κ1) is 15.2. The van der Waals surface area contributed by atoms with Crippen molar-refractivity contribution >= 4 is 40.8 Å². The number of carbonyl (C=O) groups is 1. The number of halogens is 3. The number of hydrogen-bond donors (Lipinski definition) is 3. The summed E-state index contributed by atoms with van der Waals surface area (Å²) in [6.45, 7) is -2.13. The molecular formula is C7H11Cl3O5. The lowest BCUT2D eigenvalue weighted by Crippen LogP contribution is -2.40. The number of hydrogen-bond acceptors (Lipinski definition) is 5. The van der Waals surface area contributed by atoms with Crippen LogP contribution in [0.5, 0.6) is 0 Å². The van der Waals surface area contributed by atoms with Gasteiger partial charge in [-0.2, -0.15) is 0 Å². The van der Waals surface area contributed by atoms with Gasteiger partial charge >= 0.3 is 5.97 Å². The predicted molar refractivity (Wildman–Crippen MR) is 54.9 cm³/mol. The first-order valence-electron chi connectivity index (χ1n) is 3.88. The quantitative estimate of drug-likeness (QED) is 0.482. The van der Waals surface area contributed by atoms with Crippen molar-refractivity contribution in [3.8, 4) is 0 Å². The van der Waals surface area contributed by atoms with E-state index in [1.165, 1.54) is 0 Å². The molecule has 15 heavy (non-hydrogen) atoms. The molecule has 0 saturated carbocycles. The van der Waals surface area contributed by atoms with E-state index >= 15 is 0 Å². The summed E-state index contributed by atoms with van der Waals surface area (Å²) in [5, 5.41) is 26.6. The Balaban J connectivity index is 4.29.